The summed E-state index contributed by atoms with van der Waals surface area (Å²) < 4.78 is 40.3. The normalized spacial score (nSPS) is 11.8. The highest BCUT2D eigenvalue weighted by atomic mass is 79.9. The highest BCUT2D eigenvalue weighted by Gasteiger charge is 2.35. The molecule has 2 aromatic rings. The molecule has 2 N–H and O–H groups in total. The lowest BCUT2D eigenvalue weighted by molar-refractivity contribution is -0.137. The third-order valence-corrected chi connectivity index (χ3v) is 2.82. The van der Waals surface area contributed by atoms with Crippen LogP contribution in [0.4, 0.5) is 19.1 Å². The van der Waals surface area contributed by atoms with Crippen LogP contribution in [0.15, 0.2) is 22.7 Å². The zero-order chi connectivity index (χ0) is 13.5. The first kappa shape index (κ1) is 12.9. The molecule has 1 aromatic carbocycles. The van der Waals surface area contributed by atoms with E-state index in [2.05, 4.69) is 26.0 Å². The summed E-state index contributed by atoms with van der Waals surface area (Å²) in [7, 11) is 1.51. The molecule has 8 heteroatoms. The predicted molar refractivity (Wildman–Crippen MR) is 63.6 cm³/mol. The van der Waals surface area contributed by atoms with Gasteiger partial charge >= 0.3 is 6.18 Å². The summed E-state index contributed by atoms with van der Waals surface area (Å²) in [5, 5.41) is 3.85. The SMILES string of the molecule is Cn1nc(-c2ccc(Br)cc2C(F)(F)F)nc1N. The Hall–Kier alpha value is -1.57. The Morgan fingerprint density at radius 2 is 2.00 bits per heavy atom. The molecule has 0 saturated carbocycles. The van der Waals surface area contributed by atoms with E-state index in [9.17, 15) is 13.2 Å². The zero-order valence-corrected chi connectivity index (χ0v) is 10.7. The number of hydrogen-bond donors (Lipinski definition) is 1. The van der Waals surface area contributed by atoms with Crippen molar-refractivity contribution in [2.75, 3.05) is 5.73 Å². The van der Waals surface area contributed by atoms with Gasteiger partial charge in [-0.15, -0.1) is 5.10 Å². The molecule has 0 radical (unpaired) electrons. The Bertz CT molecular complexity index is 572. The number of rotatable bonds is 1. The van der Waals surface area contributed by atoms with Crippen LogP contribution in [0.1, 0.15) is 5.56 Å². The van der Waals surface area contributed by atoms with Gasteiger partial charge in [-0.05, 0) is 18.2 Å². The van der Waals surface area contributed by atoms with Gasteiger partial charge in [-0.1, -0.05) is 15.9 Å². The van der Waals surface area contributed by atoms with E-state index >= 15 is 0 Å². The Labute approximate surface area is 109 Å². The number of benzene rings is 1. The quantitative estimate of drug-likeness (QED) is 0.879. The number of halogens is 4. The highest BCUT2D eigenvalue weighted by molar-refractivity contribution is 9.10. The van der Waals surface area contributed by atoms with Crippen LogP contribution in [0.25, 0.3) is 11.4 Å². The summed E-state index contributed by atoms with van der Waals surface area (Å²) in [4.78, 5) is 3.80. The van der Waals surface area contributed by atoms with Gasteiger partial charge in [0.2, 0.25) is 5.95 Å². The molecule has 4 nitrogen and oxygen atoms in total. The third kappa shape index (κ3) is 2.33. The van der Waals surface area contributed by atoms with Gasteiger partial charge in [-0.25, -0.2) is 4.68 Å². The van der Waals surface area contributed by atoms with Gasteiger partial charge in [0.05, 0.1) is 5.56 Å². The number of anilines is 1. The average Bonchev–Trinajstić information content (AvgIpc) is 2.57. The molecule has 0 bridgehead atoms. The summed E-state index contributed by atoms with van der Waals surface area (Å²) in [6.07, 6.45) is -4.48. The van der Waals surface area contributed by atoms with Crippen LogP contribution in [0, 0.1) is 0 Å². The lowest BCUT2D eigenvalue weighted by atomic mass is 10.1. The number of nitrogens with zero attached hydrogens (tertiary/aromatic N) is 3. The standard InChI is InChI=1S/C10H8BrF3N4/c1-18-9(15)16-8(17-18)6-3-2-5(11)4-7(6)10(12,13)14/h2-4H,1H3,(H2,15,16,17). The van der Waals surface area contributed by atoms with Gasteiger partial charge in [0.25, 0.3) is 0 Å². The molecule has 0 aliphatic rings. The fourth-order valence-electron chi connectivity index (χ4n) is 1.46. The predicted octanol–water partition coefficient (Wildman–Crippen LogP) is 2.85. The molecule has 0 atom stereocenters. The average molecular weight is 321 g/mol. The van der Waals surface area contributed by atoms with E-state index in [0.29, 0.717) is 4.47 Å². The second-order valence-corrected chi connectivity index (χ2v) is 4.52. The molecule has 0 spiro atoms. The van der Waals surface area contributed by atoms with Crippen molar-refractivity contribution in [1.82, 2.24) is 14.8 Å². The molecule has 96 valence electrons. The van der Waals surface area contributed by atoms with Crippen molar-refractivity contribution in [1.29, 1.82) is 0 Å². The molecule has 18 heavy (non-hydrogen) atoms. The minimum absolute atomic E-state index is 0.0465. The number of hydrogen-bond acceptors (Lipinski definition) is 3. The summed E-state index contributed by atoms with van der Waals surface area (Å²) in [6.45, 7) is 0. The zero-order valence-electron chi connectivity index (χ0n) is 9.16. The molecule has 0 unspecified atom stereocenters. The van der Waals surface area contributed by atoms with Crippen molar-refractivity contribution < 1.29 is 13.2 Å². The van der Waals surface area contributed by atoms with E-state index in [0.717, 1.165) is 6.07 Å². The summed E-state index contributed by atoms with van der Waals surface area (Å²) >= 11 is 3.01. The van der Waals surface area contributed by atoms with E-state index in [1.165, 1.54) is 23.9 Å². The van der Waals surface area contributed by atoms with E-state index in [1.54, 1.807) is 0 Å². The van der Waals surface area contributed by atoms with Gasteiger partial charge in [-0.2, -0.15) is 18.2 Å². The minimum Gasteiger partial charge on any atom is -0.368 e. The first-order valence-electron chi connectivity index (χ1n) is 4.82. The van der Waals surface area contributed by atoms with Crippen LogP contribution >= 0.6 is 15.9 Å². The topological polar surface area (TPSA) is 56.7 Å². The van der Waals surface area contributed by atoms with Gasteiger partial charge < -0.3 is 5.73 Å². The van der Waals surface area contributed by atoms with Crippen LogP contribution in [-0.4, -0.2) is 14.8 Å². The Morgan fingerprint density at radius 3 is 2.50 bits per heavy atom. The first-order chi connectivity index (χ1) is 8.29. The molecule has 0 fully saturated rings. The van der Waals surface area contributed by atoms with E-state index < -0.39 is 11.7 Å². The number of alkyl halides is 3. The fourth-order valence-corrected chi connectivity index (χ4v) is 1.82. The van der Waals surface area contributed by atoms with Crippen molar-refractivity contribution in [2.24, 2.45) is 7.05 Å². The second-order valence-electron chi connectivity index (χ2n) is 3.60. The summed E-state index contributed by atoms with van der Waals surface area (Å²) in [5.41, 5.74) is 4.56. The van der Waals surface area contributed by atoms with E-state index in [4.69, 9.17) is 5.73 Å². The van der Waals surface area contributed by atoms with Crippen molar-refractivity contribution in [2.45, 2.75) is 6.18 Å². The Morgan fingerprint density at radius 1 is 1.33 bits per heavy atom. The van der Waals surface area contributed by atoms with Crippen LogP contribution in [0.5, 0.6) is 0 Å². The molecular formula is C10H8BrF3N4. The molecule has 0 amide bonds. The van der Waals surface area contributed by atoms with E-state index in [-0.39, 0.29) is 17.3 Å². The third-order valence-electron chi connectivity index (χ3n) is 2.32. The highest BCUT2D eigenvalue weighted by Crippen LogP contribution is 2.37. The molecule has 1 heterocycles. The van der Waals surface area contributed by atoms with Gasteiger partial charge in [0, 0.05) is 17.1 Å². The smallest absolute Gasteiger partial charge is 0.368 e. The van der Waals surface area contributed by atoms with Crippen molar-refractivity contribution in [3.8, 4) is 11.4 Å². The molecule has 0 aliphatic heterocycles. The summed E-state index contributed by atoms with van der Waals surface area (Å²) in [5.74, 6) is 0.0101. The van der Waals surface area contributed by atoms with Crippen LogP contribution in [0.3, 0.4) is 0 Å². The molecule has 2 rings (SSSR count). The number of aryl methyl sites for hydroxylation is 1. The number of aromatic nitrogens is 3. The van der Waals surface area contributed by atoms with Crippen LogP contribution in [-0.2, 0) is 13.2 Å². The number of nitrogen functional groups attached to an aromatic ring is 1. The van der Waals surface area contributed by atoms with Gasteiger partial charge in [0.1, 0.15) is 0 Å². The molecule has 0 saturated heterocycles. The van der Waals surface area contributed by atoms with Crippen LogP contribution in [0.2, 0.25) is 0 Å². The maximum atomic E-state index is 12.9. The minimum atomic E-state index is -4.48. The maximum Gasteiger partial charge on any atom is 0.417 e. The van der Waals surface area contributed by atoms with E-state index in [1.807, 2.05) is 0 Å². The lowest BCUT2D eigenvalue weighted by Gasteiger charge is -2.10. The fraction of sp³-hybridized carbons (Fsp3) is 0.200. The maximum absolute atomic E-state index is 12.9. The molecule has 0 aliphatic carbocycles. The first-order valence-corrected chi connectivity index (χ1v) is 5.62. The van der Waals surface area contributed by atoms with Crippen molar-refractivity contribution in [3.63, 3.8) is 0 Å². The second kappa shape index (κ2) is 4.27. The van der Waals surface area contributed by atoms with Crippen molar-refractivity contribution in [3.05, 3.63) is 28.2 Å². The van der Waals surface area contributed by atoms with Crippen molar-refractivity contribution >= 4 is 21.9 Å². The van der Waals surface area contributed by atoms with Crippen LogP contribution < -0.4 is 5.73 Å². The summed E-state index contributed by atoms with van der Waals surface area (Å²) in [6, 6.07) is 3.79. The Balaban J connectivity index is 2.64. The lowest BCUT2D eigenvalue weighted by Crippen LogP contribution is -2.07. The van der Waals surface area contributed by atoms with Gasteiger partial charge in [0.15, 0.2) is 5.82 Å². The van der Waals surface area contributed by atoms with Gasteiger partial charge in [-0.3, -0.25) is 0 Å². The molecular weight excluding hydrogens is 313 g/mol. The Kier molecular flexibility index (Phi) is 3.05. The largest absolute Gasteiger partial charge is 0.417 e. The molecule has 1 aromatic heterocycles. The monoisotopic (exact) mass is 320 g/mol. The number of nitrogens with two attached hydrogens (primary N) is 1.